The molecule has 14 nitrogen and oxygen atoms in total. The summed E-state index contributed by atoms with van der Waals surface area (Å²) in [6.45, 7) is 15.7. The zero-order valence-electron chi connectivity index (χ0n) is 48.2. The molecule has 0 spiro atoms. The monoisotopic (exact) mass is 1060 g/mol. The molecule has 1 aliphatic rings. The number of nitrogens with zero attached hydrogens (tertiary/aromatic N) is 5. The number of esters is 1. The van der Waals surface area contributed by atoms with Crippen LogP contribution < -0.4 is 0 Å². The number of hydrogen-bond acceptors (Lipinski definition) is 12. The van der Waals surface area contributed by atoms with E-state index in [0.717, 1.165) is 68.2 Å². The van der Waals surface area contributed by atoms with Crippen LogP contribution in [0, 0.1) is 29.6 Å². The summed E-state index contributed by atoms with van der Waals surface area (Å²) in [5.41, 5.74) is 2.82. The van der Waals surface area contributed by atoms with Gasteiger partial charge in [-0.05, 0) is 86.7 Å². The van der Waals surface area contributed by atoms with Crippen molar-refractivity contribution in [3.05, 3.63) is 108 Å². The zero-order chi connectivity index (χ0) is 56.0. The SMILES string of the molecule is CC[C@H](C)[C@@H]([C@@H](CC(=O)N1CCC[C@H]1[C@H](OC)[C@@H](C)C(=O)C[C@@H](Cc1ccccc1)c1nnc(-c2ccccc2)o1)OC)N(C)C(=O)[C@@H](CC(=O)[C@H](C(C)C)N(C)CCCCCCCC(=O)OCc1ccccc1)C(C)C. The number of likely N-dealkylation sites (tertiary alicyclic amines) is 1. The Balaban J connectivity index is 1.19. The average molecular weight is 1060 g/mol. The number of ketones is 2. The Hall–Kier alpha value is -5.57. The van der Waals surface area contributed by atoms with E-state index in [0.29, 0.717) is 44.2 Å². The molecule has 1 aromatic heterocycles. The van der Waals surface area contributed by atoms with Gasteiger partial charge in [-0.1, -0.05) is 153 Å². The van der Waals surface area contributed by atoms with Crippen LogP contribution in [0.3, 0.4) is 0 Å². The third-order valence-electron chi connectivity index (χ3n) is 16.0. The van der Waals surface area contributed by atoms with Gasteiger partial charge in [-0.3, -0.25) is 28.9 Å². The average Bonchev–Trinajstić information content (AvgIpc) is 4.13. The van der Waals surface area contributed by atoms with Crippen LogP contribution in [-0.4, -0.2) is 126 Å². The maximum atomic E-state index is 14.8. The molecule has 0 aliphatic carbocycles. The number of carbonyl (C=O) groups is 5. The van der Waals surface area contributed by atoms with E-state index >= 15 is 0 Å². The van der Waals surface area contributed by atoms with Crippen molar-refractivity contribution in [1.29, 1.82) is 0 Å². The summed E-state index contributed by atoms with van der Waals surface area (Å²) >= 11 is 0. The van der Waals surface area contributed by atoms with Crippen molar-refractivity contribution in [2.45, 2.75) is 175 Å². The van der Waals surface area contributed by atoms with E-state index in [-0.39, 0.29) is 84.4 Å². The van der Waals surface area contributed by atoms with Gasteiger partial charge in [0.05, 0.1) is 36.8 Å². The second kappa shape index (κ2) is 31.7. The van der Waals surface area contributed by atoms with Gasteiger partial charge in [0.25, 0.3) is 0 Å². The molecule has 2 heterocycles. The van der Waals surface area contributed by atoms with Gasteiger partial charge < -0.3 is 28.4 Å². The second-order valence-electron chi connectivity index (χ2n) is 22.3. The summed E-state index contributed by atoms with van der Waals surface area (Å²) in [6, 6.07) is 28.1. The van der Waals surface area contributed by atoms with E-state index in [1.807, 2.05) is 124 Å². The smallest absolute Gasteiger partial charge is 0.306 e. The molecule has 5 rings (SSSR count). The minimum Gasteiger partial charge on any atom is -0.461 e. The van der Waals surface area contributed by atoms with E-state index in [2.05, 4.69) is 42.8 Å². The Morgan fingerprint density at radius 3 is 1.96 bits per heavy atom. The lowest BCUT2D eigenvalue weighted by molar-refractivity contribution is -0.149. The molecule has 0 saturated carbocycles. The Kier molecular flexibility index (Phi) is 25.7. The molecule has 77 heavy (non-hydrogen) atoms. The van der Waals surface area contributed by atoms with Gasteiger partial charge in [0.2, 0.25) is 23.6 Å². The molecule has 4 aromatic rings. The highest BCUT2D eigenvalue weighted by Gasteiger charge is 2.44. The fourth-order valence-corrected chi connectivity index (χ4v) is 11.5. The van der Waals surface area contributed by atoms with Gasteiger partial charge in [0.15, 0.2) is 5.78 Å². The van der Waals surface area contributed by atoms with Crippen LogP contribution >= 0.6 is 0 Å². The normalized spacial score (nSPS) is 16.9. The first-order valence-corrected chi connectivity index (χ1v) is 28.5. The number of rotatable bonds is 34. The van der Waals surface area contributed by atoms with Crippen molar-refractivity contribution in [3.8, 4) is 11.5 Å². The molecule has 0 radical (unpaired) electrons. The fraction of sp³-hybridized carbons (Fsp3) is 0.603. The quantitative estimate of drug-likeness (QED) is 0.0322. The van der Waals surface area contributed by atoms with Crippen molar-refractivity contribution in [2.24, 2.45) is 29.6 Å². The van der Waals surface area contributed by atoms with Crippen LogP contribution in [0.4, 0.5) is 0 Å². The highest BCUT2D eigenvalue weighted by Crippen LogP contribution is 2.34. The summed E-state index contributed by atoms with van der Waals surface area (Å²) in [6.07, 6.45) is 6.82. The summed E-state index contributed by atoms with van der Waals surface area (Å²) in [5, 5.41) is 8.78. The molecule has 3 aromatic carbocycles. The molecule has 9 atom stereocenters. The number of Topliss-reactive ketones (excluding diaryl/α,β-unsaturated/α-hetero) is 2. The fourth-order valence-electron chi connectivity index (χ4n) is 11.5. The number of benzene rings is 3. The Morgan fingerprint density at radius 2 is 1.35 bits per heavy atom. The first kappa shape index (κ1) is 62.3. The molecule has 14 heteroatoms. The lowest BCUT2D eigenvalue weighted by Gasteiger charge is -2.41. The van der Waals surface area contributed by atoms with Crippen LogP contribution in [0.1, 0.15) is 148 Å². The van der Waals surface area contributed by atoms with Gasteiger partial charge in [-0.2, -0.15) is 0 Å². The van der Waals surface area contributed by atoms with Crippen molar-refractivity contribution in [2.75, 3.05) is 41.4 Å². The summed E-state index contributed by atoms with van der Waals surface area (Å²) in [4.78, 5) is 76.3. The highest BCUT2D eigenvalue weighted by molar-refractivity contribution is 5.90. The largest absolute Gasteiger partial charge is 0.461 e. The Labute approximate surface area is 460 Å². The first-order chi connectivity index (χ1) is 37.0. The van der Waals surface area contributed by atoms with Crippen LogP contribution in [0.5, 0.6) is 0 Å². The molecule has 1 fully saturated rings. The standard InChI is InChI=1S/C63H91N5O9/c1-12-45(6)59(67(9)63(73)51(43(2)3)40-54(70)58(44(4)5)66(8)36-26-15-13-14-25-35-57(72)76-42-48-30-21-17-22-31-48)55(74-10)41-56(71)68-37-27-34-52(68)60(75-11)46(7)53(69)39-50(38-47-28-19-16-20-29-47)62-65-64-61(77-62)49-32-23-18-24-33-49/h16-24,28-33,43-46,50-52,55,58-60H,12-15,25-27,34-42H2,1-11H3/t45-,46-,50+,51-,52-,55+,58-,59-,60+/m0/s1. The predicted octanol–water partition coefficient (Wildman–Crippen LogP) is 11.2. The number of aromatic nitrogens is 2. The Morgan fingerprint density at radius 1 is 0.727 bits per heavy atom. The second-order valence-corrected chi connectivity index (χ2v) is 22.3. The number of ether oxygens (including phenoxy) is 3. The Bertz CT molecular complexity index is 2400. The van der Waals surface area contributed by atoms with E-state index in [1.165, 1.54) is 0 Å². The van der Waals surface area contributed by atoms with Crippen LogP contribution in [0.15, 0.2) is 95.4 Å². The third-order valence-corrected chi connectivity index (χ3v) is 16.0. The number of methoxy groups -OCH3 is 2. The molecule has 1 saturated heterocycles. The molecule has 2 amide bonds. The lowest BCUT2D eigenvalue weighted by Crippen LogP contribution is -2.54. The van der Waals surface area contributed by atoms with E-state index in [4.69, 9.17) is 18.6 Å². The van der Waals surface area contributed by atoms with E-state index in [1.54, 1.807) is 26.2 Å². The first-order valence-electron chi connectivity index (χ1n) is 28.5. The topological polar surface area (TPSA) is 162 Å². The molecule has 0 unspecified atom stereocenters. The maximum Gasteiger partial charge on any atom is 0.306 e. The predicted molar refractivity (Wildman–Crippen MR) is 302 cm³/mol. The van der Waals surface area contributed by atoms with Gasteiger partial charge >= 0.3 is 5.97 Å². The van der Waals surface area contributed by atoms with Crippen LogP contribution in [0.2, 0.25) is 0 Å². The third kappa shape index (κ3) is 18.2. The van der Waals surface area contributed by atoms with Crippen LogP contribution in [0.25, 0.3) is 11.5 Å². The number of amides is 2. The van der Waals surface area contributed by atoms with Gasteiger partial charge in [-0.25, -0.2) is 0 Å². The molecular formula is C63H91N5O9. The minimum absolute atomic E-state index is 0.0213. The van der Waals surface area contributed by atoms with E-state index < -0.39 is 30.1 Å². The summed E-state index contributed by atoms with van der Waals surface area (Å²) in [5.74, 6) is -1.20. The van der Waals surface area contributed by atoms with Gasteiger partial charge in [0, 0.05) is 70.4 Å². The maximum absolute atomic E-state index is 14.8. The lowest BCUT2D eigenvalue weighted by atomic mass is 9.83. The molecular weight excluding hydrogens is 971 g/mol. The zero-order valence-corrected chi connectivity index (χ0v) is 48.2. The van der Waals surface area contributed by atoms with Crippen molar-refractivity contribution in [3.63, 3.8) is 0 Å². The number of unbranched alkanes of at least 4 members (excludes halogenated alkanes) is 4. The number of likely N-dealkylation sites (N-methyl/N-ethyl adjacent to an activating group) is 2. The molecule has 1 aliphatic heterocycles. The summed E-state index contributed by atoms with van der Waals surface area (Å²) < 4.78 is 24.0. The van der Waals surface area contributed by atoms with E-state index in [9.17, 15) is 24.0 Å². The molecule has 0 bridgehead atoms. The number of carbonyl (C=O) groups excluding carboxylic acids is 5. The molecule has 422 valence electrons. The van der Waals surface area contributed by atoms with Crippen LogP contribution in [-0.2, 0) is 51.2 Å². The number of hydrogen-bond donors (Lipinski definition) is 0. The van der Waals surface area contributed by atoms with Gasteiger partial charge in [0.1, 0.15) is 12.4 Å². The van der Waals surface area contributed by atoms with Crippen molar-refractivity contribution in [1.82, 2.24) is 24.9 Å². The van der Waals surface area contributed by atoms with Crippen molar-refractivity contribution < 1.29 is 42.6 Å². The van der Waals surface area contributed by atoms with Crippen molar-refractivity contribution >= 4 is 29.4 Å². The highest BCUT2D eigenvalue weighted by atomic mass is 16.5. The van der Waals surface area contributed by atoms with Gasteiger partial charge in [-0.15, -0.1) is 10.2 Å². The summed E-state index contributed by atoms with van der Waals surface area (Å²) in [7, 11) is 7.00. The minimum atomic E-state index is -0.631. The molecule has 0 N–H and O–H groups in total.